The molecule has 1 aliphatic heterocycles. The summed E-state index contributed by atoms with van der Waals surface area (Å²) >= 11 is 0. The third-order valence-electron chi connectivity index (χ3n) is 4.76. The quantitative estimate of drug-likeness (QED) is 0.798. The zero-order chi connectivity index (χ0) is 15.5. The molecule has 3 rings (SSSR count). The molecule has 0 N–H and O–H groups in total. The first-order chi connectivity index (χ1) is 10.7. The molecule has 0 bridgehead atoms. The van der Waals surface area contributed by atoms with Gasteiger partial charge in [-0.15, -0.1) is 0 Å². The maximum Gasteiger partial charge on any atom is 0.201 e. The van der Waals surface area contributed by atoms with E-state index < -0.39 is 0 Å². The van der Waals surface area contributed by atoms with Crippen molar-refractivity contribution in [2.45, 2.75) is 26.7 Å². The summed E-state index contributed by atoms with van der Waals surface area (Å²) in [5, 5.41) is 0. The number of piperazine rings is 1. The molecule has 114 valence electrons. The van der Waals surface area contributed by atoms with Crippen LogP contribution in [0, 0.1) is 13.8 Å². The molecular weight excluding hydrogens is 267 g/mol. The van der Waals surface area contributed by atoms with Crippen LogP contribution in [0.4, 0.5) is 5.69 Å². The highest BCUT2D eigenvalue weighted by Crippen LogP contribution is 2.32. The van der Waals surface area contributed by atoms with Gasteiger partial charge in [-0.3, -0.25) is 0 Å². The number of aryl methyl sites for hydroxylation is 2. The molecule has 3 heteroatoms. The standard InChI is InChI=1S/C19H25BN2/c1-15-9-10-18(16(2)13-15)22-12-11-21(20-3)14-19(22)17-7-5-4-6-8-17/h4-10,13,19-20H,11-12,14H2,1-3H3. The summed E-state index contributed by atoms with van der Waals surface area (Å²) in [5.41, 5.74) is 5.52. The molecule has 0 spiro atoms. The monoisotopic (exact) mass is 292 g/mol. The Balaban J connectivity index is 1.96. The maximum atomic E-state index is 2.59. The van der Waals surface area contributed by atoms with Gasteiger partial charge in [-0.2, -0.15) is 0 Å². The summed E-state index contributed by atoms with van der Waals surface area (Å²) in [6, 6.07) is 18.2. The number of rotatable bonds is 3. The van der Waals surface area contributed by atoms with Crippen molar-refractivity contribution in [1.29, 1.82) is 0 Å². The van der Waals surface area contributed by atoms with Crippen LogP contribution in [0.25, 0.3) is 0 Å². The summed E-state index contributed by atoms with van der Waals surface area (Å²) in [5.74, 6) is 0. The first-order valence-corrected chi connectivity index (χ1v) is 8.30. The van der Waals surface area contributed by atoms with Gasteiger partial charge in [0.05, 0.1) is 6.04 Å². The van der Waals surface area contributed by atoms with E-state index >= 15 is 0 Å². The molecule has 0 amide bonds. The predicted octanol–water partition coefficient (Wildman–Crippen LogP) is 3.57. The van der Waals surface area contributed by atoms with Gasteiger partial charge in [0.25, 0.3) is 0 Å². The van der Waals surface area contributed by atoms with Gasteiger partial charge in [0.1, 0.15) is 0 Å². The van der Waals surface area contributed by atoms with Crippen molar-refractivity contribution < 1.29 is 0 Å². The van der Waals surface area contributed by atoms with Crippen molar-refractivity contribution in [1.82, 2.24) is 4.81 Å². The average Bonchev–Trinajstić information content (AvgIpc) is 2.55. The lowest BCUT2D eigenvalue weighted by atomic mass is 9.90. The van der Waals surface area contributed by atoms with Crippen LogP contribution < -0.4 is 4.90 Å². The summed E-state index contributed by atoms with van der Waals surface area (Å²) in [7, 11) is 1.13. The Labute approximate surface area is 135 Å². The van der Waals surface area contributed by atoms with Gasteiger partial charge in [-0.25, -0.2) is 0 Å². The van der Waals surface area contributed by atoms with Gasteiger partial charge in [0.2, 0.25) is 7.41 Å². The molecule has 0 aliphatic carbocycles. The van der Waals surface area contributed by atoms with E-state index in [1.165, 1.54) is 22.4 Å². The van der Waals surface area contributed by atoms with Gasteiger partial charge in [-0.05, 0) is 31.0 Å². The molecule has 22 heavy (non-hydrogen) atoms. The van der Waals surface area contributed by atoms with E-state index in [9.17, 15) is 0 Å². The number of hydrogen-bond acceptors (Lipinski definition) is 2. The summed E-state index contributed by atoms with van der Waals surface area (Å²) in [6.07, 6.45) is 0. The molecule has 1 unspecified atom stereocenters. The third kappa shape index (κ3) is 3.05. The predicted molar refractivity (Wildman–Crippen MR) is 97.0 cm³/mol. The highest BCUT2D eigenvalue weighted by molar-refractivity contribution is 6.29. The first kappa shape index (κ1) is 15.2. The Morgan fingerprint density at radius 3 is 2.45 bits per heavy atom. The Bertz CT molecular complexity index is 627. The number of hydrogen-bond donors (Lipinski definition) is 0. The van der Waals surface area contributed by atoms with Crippen molar-refractivity contribution in [2.24, 2.45) is 0 Å². The third-order valence-corrected chi connectivity index (χ3v) is 4.76. The topological polar surface area (TPSA) is 6.48 Å². The molecule has 1 saturated heterocycles. The molecule has 2 aromatic carbocycles. The smallest absolute Gasteiger partial charge is 0.201 e. The highest BCUT2D eigenvalue weighted by atomic mass is 15.3. The van der Waals surface area contributed by atoms with Crippen molar-refractivity contribution in [3.8, 4) is 0 Å². The second-order valence-corrected chi connectivity index (χ2v) is 6.30. The zero-order valence-electron chi connectivity index (χ0n) is 13.9. The van der Waals surface area contributed by atoms with E-state index in [1.54, 1.807) is 0 Å². The van der Waals surface area contributed by atoms with Crippen LogP contribution in [0.3, 0.4) is 0 Å². The zero-order valence-corrected chi connectivity index (χ0v) is 13.9. The van der Waals surface area contributed by atoms with Crippen LogP contribution in [0.2, 0.25) is 6.82 Å². The minimum atomic E-state index is 0.441. The van der Waals surface area contributed by atoms with Crippen molar-refractivity contribution in [2.75, 3.05) is 24.5 Å². The van der Waals surface area contributed by atoms with Crippen LogP contribution in [-0.4, -0.2) is 31.9 Å². The van der Waals surface area contributed by atoms with E-state index in [1.807, 2.05) is 0 Å². The first-order valence-electron chi connectivity index (χ1n) is 8.30. The van der Waals surface area contributed by atoms with Crippen LogP contribution in [0.15, 0.2) is 48.5 Å². The van der Waals surface area contributed by atoms with Crippen LogP contribution in [0.1, 0.15) is 22.7 Å². The van der Waals surface area contributed by atoms with Gasteiger partial charge in [-0.1, -0.05) is 54.9 Å². The maximum absolute atomic E-state index is 2.59. The second-order valence-electron chi connectivity index (χ2n) is 6.30. The SMILES string of the molecule is CBN1CCN(c2ccc(C)cc2C)C(c2ccccc2)C1. The van der Waals surface area contributed by atoms with Gasteiger partial charge < -0.3 is 9.71 Å². The lowest BCUT2D eigenvalue weighted by molar-refractivity contribution is 0.348. The van der Waals surface area contributed by atoms with Crippen molar-refractivity contribution >= 4 is 13.1 Å². The summed E-state index contributed by atoms with van der Waals surface area (Å²) in [4.78, 5) is 5.15. The van der Waals surface area contributed by atoms with Gasteiger partial charge in [0, 0.05) is 25.3 Å². The molecule has 1 aliphatic rings. The summed E-state index contributed by atoms with van der Waals surface area (Å²) < 4.78 is 0. The fourth-order valence-corrected chi connectivity index (χ4v) is 3.50. The second kappa shape index (κ2) is 6.57. The molecule has 1 atom stereocenters. The molecule has 0 saturated carbocycles. The Morgan fingerprint density at radius 2 is 1.77 bits per heavy atom. The van der Waals surface area contributed by atoms with Crippen LogP contribution in [0.5, 0.6) is 0 Å². The number of anilines is 1. The lowest BCUT2D eigenvalue weighted by Crippen LogP contribution is -2.49. The van der Waals surface area contributed by atoms with Gasteiger partial charge >= 0.3 is 0 Å². The molecule has 2 nitrogen and oxygen atoms in total. The molecule has 1 fully saturated rings. The van der Waals surface area contributed by atoms with E-state index in [-0.39, 0.29) is 0 Å². The molecule has 0 radical (unpaired) electrons. The summed E-state index contributed by atoms with van der Waals surface area (Å²) in [6.45, 7) is 10.0. The fraction of sp³-hybridized carbons (Fsp3) is 0.368. The fourth-order valence-electron chi connectivity index (χ4n) is 3.50. The van der Waals surface area contributed by atoms with Crippen LogP contribution >= 0.6 is 0 Å². The van der Waals surface area contributed by atoms with Crippen molar-refractivity contribution in [3.63, 3.8) is 0 Å². The van der Waals surface area contributed by atoms with Crippen molar-refractivity contribution in [3.05, 3.63) is 65.2 Å². The Morgan fingerprint density at radius 1 is 1.00 bits per heavy atom. The number of nitrogens with zero attached hydrogens (tertiary/aromatic N) is 2. The normalized spacial score (nSPS) is 19.2. The minimum absolute atomic E-state index is 0.441. The molecule has 2 aromatic rings. The van der Waals surface area contributed by atoms with E-state index in [2.05, 4.69) is 78.9 Å². The van der Waals surface area contributed by atoms with Crippen LogP contribution in [-0.2, 0) is 0 Å². The Hall–Kier alpha value is -1.74. The largest absolute Gasteiger partial charge is 0.362 e. The van der Waals surface area contributed by atoms with E-state index in [0.717, 1.165) is 27.0 Å². The lowest BCUT2D eigenvalue weighted by Gasteiger charge is -2.43. The molecule has 1 heterocycles. The van der Waals surface area contributed by atoms with E-state index in [4.69, 9.17) is 0 Å². The minimum Gasteiger partial charge on any atom is -0.362 e. The Kier molecular flexibility index (Phi) is 4.53. The van der Waals surface area contributed by atoms with Gasteiger partial charge in [0.15, 0.2) is 0 Å². The molecular formula is C19H25BN2. The average molecular weight is 292 g/mol. The van der Waals surface area contributed by atoms with E-state index in [0.29, 0.717) is 6.04 Å². The number of benzene rings is 2. The molecule has 0 aromatic heterocycles. The highest BCUT2D eigenvalue weighted by Gasteiger charge is 2.28.